The summed E-state index contributed by atoms with van der Waals surface area (Å²) >= 11 is 0. The normalized spacial score (nSPS) is 16.4. The number of hydrogen-bond donors (Lipinski definition) is 3. The van der Waals surface area contributed by atoms with Crippen LogP contribution in [0.5, 0.6) is 0 Å². The number of carboxylic acid groups (broad SMARTS) is 1. The maximum Gasteiger partial charge on any atom is 0.290 e. The van der Waals surface area contributed by atoms with Crippen molar-refractivity contribution in [2.45, 2.75) is 44.7 Å². The van der Waals surface area contributed by atoms with Crippen molar-refractivity contribution in [1.82, 2.24) is 15.5 Å². The second kappa shape index (κ2) is 11.4. The maximum absolute atomic E-state index is 12.6. The van der Waals surface area contributed by atoms with Crippen molar-refractivity contribution in [3.05, 3.63) is 59.7 Å². The van der Waals surface area contributed by atoms with Crippen molar-refractivity contribution in [3.8, 4) is 11.1 Å². The van der Waals surface area contributed by atoms with Gasteiger partial charge < -0.3 is 15.7 Å². The molecule has 0 aromatic heterocycles. The Morgan fingerprint density at radius 2 is 1.41 bits per heavy atom. The van der Waals surface area contributed by atoms with Gasteiger partial charge in [-0.05, 0) is 55.9 Å². The molecule has 170 valence electrons. The molecule has 2 aromatic carbocycles. The van der Waals surface area contributed by atoms with E-state index in [1.165, 1.54) is 5.56 Å². The zero-order valence-electron chi connectivity index (χ0n) is 18.4. The fraction of sp³-hybridized carbons (Fsp3) is 0.400. The quantitative estimate of drug-likeness (QED) is 0.604. The summed E-state index contributed by atoms with van der Waals surface area (Å²) in [6.07, 6.45) is 3.99. The summed E-state index contributed by atoms with van der Waals surface area (Å²) in [7, 11) is 0. The van der Waals surface area contributed by atoms with Crippen LogP contribution in [0.4, 0.5) is 0 Å². The molecule has 0 spiro atoms. The minimum absolute atomic E-state index is 0.0228. The second-order valence-electron chi connectivity index (χ2n) is 8.41. The predicted molar refractivity (Wildman–Crippen MR) is 123 cm³/mol. The molecule has 1 heterocycles. The average Bonchev–Trinajstić information content (AvgIpc) is 3.60. The smallest absolute Gasteiger partial charge is 0.290 e. The molecule has 0 radical (unpaired) electrons. The van der Waals surface area contributed by atoms with Crippen LogP contribution in [0.1, 0.15) is 41.6 Å². The fourth-order valence-electron chi connectivity index (χ4n) is 3.77. The van der Waals surface area contributed by atoms with Crippen LogP contribution in [-0.4, -0.2) is 60.0 Å². The van der Waals surface area contributed by atoms with Crippen LogP contribution in [-0.2, 0) is 9.59 Å². The lowest BCUT2D eigenvalue weighted by molar-refractivity contribution is -0.123. The average molecular weight is 438 g/mol. The highest BCUT2D eigenvalue weighted by Crippen LogP contribution is 2.21. The SMILES string of the molecule is Cc1ccc(-c2ccc(C(=O)NC3CCN(CC(=O)NC4CC4)CC3)cc2)cc1.O=CO. The van der Waals surface area contributed by atoms with E-state index in [2.05, 4.69) is 46.7 Å². The summed E-state index contributed by atoms with van der Waals surface area (Å²) < 4.78 is 0. The zero-order chi connectivity index (χ0) is 22.9. The van der Waals surface area contributed by atoms with E-state index in [4.69, 9.17) is 9.90 Å². The number of rotatable bonds is 6. The van der Waals surface area contributed by atoms with Crippen LogP contribution in [0.25, 0.3) is 11.1 Å². The van der Waals surface area contributed by atoms with Gasteiger partial charge in [-0.15, -0.1) is 0 Å². The molecule has 0 bridgehead atoms. The number of nitrogens with one attached hydrogen (secondary N) is 2. The molecular weight excluding hydrogens is 406 g/mol. The summed E-state index contributed by atoms with van der Waals surface area (Å²) in [5.41, 5.74) is 4.19. The molecule has 1 aliphatic heterocycles. The first-order chi connectivity index (χ1) is 15.5. The number of amides is 2. The summed E-state index contributed by atoms with van der Waals surface area (Å²) in [5, 5.41) is 13.1. The van der Waals surface area contributed by atoms with Gasteiger partial charge >= 0.3 is 0 Å². The van der Waals surface area contributed by atoms with Gasteiger partial charge in [0.05, 0.1) is 6.54 Å². The molecule has 4 rings (SSSR count). The molecular formula is C25H31N3O4. The summed E-state index contributed by atoms with van der Waals surface area (Å²) in [6.45, 7) is 3.98. The third kappa shape index (κ3) is 7.20. The van der Waals surface area contributed by atoms with Gasteiger partial charge in [0.2, 0.25) is 5.91 Å². The van der Waals surface area contributed by atoms with Crippen molar-refractivity contribution in [3.63, 3.8) is 0 Å². The standard InChI is InChI=1S/C24H29N3O2.CH2O2/c1-17-2-4-18(5-3-17)19-6-8-20(9-7-19)24(29)26-22-12-14-27(15-13-22)16-23(28)25-21-10-11-21;2-1-3/h2-9,21-22H,10-16H2,1H3,(H,25,28)(H,26,29);1H,(H,2,3). The van der Waals surface area contributed by atoms with Crippen molar-refractivity contribution >= 4 is 18.3 Å². The van der Waals surface area contributed by atoms with Gasteiger partial charge in [0.1, 0.15) is 0 Å². The number of nitrogens with zero attached hydrogens (tertiary/aromatic N) is 1. The molecule has 2 fully saturated rings. The highest BCUT2D eigenvalue weighted by atomic mass is 16.3. The lowest BCUT2D eigenvalue weighted by Crippen LogP contribution is -2.47. The third-order valence-electron chi connectivity index (χ3n) is 5.76. The van der Waals surface area contributed by atoms with Gasteiger partial charge in [-0.3, -0.25) is 19.3 Å². The number of carbonyl (C=O) groups excluding carboxylic acids is 2. The van der Waals surface area contributed by atoms with Crippen LogP contribution in [0.15, 0.2) is 48.5 Å². The summed E-state index contributed by atoms with van der Waals surface area (Å²) in [6, 6.07) is 16.8. The summed E-state index contributed by atoms with van der Waals surface area (Å²) in [4.78, 5) is 35.1. The van der Waals surface area contributed by atoms with Crippen molar-refractivity contribution in [2.24, 2.45) is 0 Å². The van der Waals surface area contributed by atoms with E-state index in [0.717, 1.165) is 49.9 Å². The van der Waals surface area contributed by atoms with Crippen LogP contribution in [0.3, 0.4) is 0 Å². The van der Waals surface area contributed by atoms with Crippen LogP contribution < -0.4 is 10.6 Å². The molecule has 3 N–H and O–H groups in total. The van der Waals surface area contributed by atoms with Gasteiger partial charge in [0.25, 0.3) is 12.4 Å². The highest BCUT2D eigenvalue weighted by Gasteiger charge is 2.26. The lowest BCUT2D eigenvalue weighted by atomic mass is 10.0. The first kappa shape index (κ1) is 23.5. The monoisotopic (exact) mass is 437 g/mol. The number of piperidine rings is 1. The van der Waals surface area contributed by atoms with Crippen molar-refractivity contribution < 1.29 is 19.5 Å². The van der Waals surface area contributed by atoms with Gasteiger partial charge in [0, 0.05) is 30.7 Å². The molecule has 1 saturated carbocycles. The van der Waals surface area contributed by atoms with Gasteiger partial charge in [-0.1, -0.05) is 42.0 Å². The largest absolute Gasteiger partial charge is 0.483 e. The van der Waals surface area contributed by atoms with Crippen molar-refractivity contribution in [1.29, 1.82) is 0 Å². The topological polar surface area (TPSA) is 98.7 Å². The number of benzene rings is 2. The van der Waals surface area contributed by atoms with E-state index < -0.39 is 0 Å². The zero-order valence-corrected chi connectivity index (χ0v) is 18.4. The van der Waals surface area contributed by atoms with Crippen LogP contribution in [0, 0.1) is 6.92 Å². The molecule has 32 heavy (non-hydrogen) atoms. The first-order valence-electron chi connectivity index (χ1n) is 11.1. The van der Waals surface area contributed by atoms with Crippen LogP contribution in [0.2, 0.25) is 0 Å². The van der Waals surface area contributed by atoms with Gasteiger partial charge in [0.15, 0.2) is 0 Å². The van der Waals surface area contributed by atoms with Gasteiger partial charge in [-0.25, -0.2) is 0 Å². The Hall–Kier alpha value is -3.19. The van der Waals surface area contributed by atoms with E-state index in [1.807, 2.05) is 24.3 Å². The molecule has 1 saturated heterocycles. The Morgan fingerprint density at radius 3 is 1.94 bits per heavy atom. The maximum atomic E-state index is 12.6. The third-order valence-corrected chi connectivity index (χ3v) is 5.76. The molecule has 2 amide bonds. The fourth-order valence-corrected chi connectivity index (χ4v) is 3.77. The number of aryl methyl sites for hydroxylation is 1. The molecule has 0 atom stereocenters. The van der Waals surface area contributed by atoms with Gasteiger partial charge in [-0.2, -0.15) is 0 Å². The first-order valence-corrected chi connectivity index (χ1v) is 11.1. The summed E-state index contributed by atoms with van der Waals surface area (Å²) in [5.74, 6) is 0.106. The Morgan fingerprint density at radius 1 is 0.906 bits per heavy atom. The van der Waals surface area contributed by atoms with E-state index in [9.17, 15) is 9.59 Å². The van der Waals surface area contributed by atoms with Crippen LogP contribution >= 0.6 is 0 Å². The second-order valence-corrected chi connectivity index (χ2v) is 8.41. The number of carbonyl (C=O) groups is 3. The Kier molecular flexibility index (Phi) is 8.39. The Labute approximate surface area is 188 Å². The molecule has 1 aliphatic carbocycles. The van der Waals surface area contributed by atoms with Crippen molar-refractivity contribution in [2.75, 3.05) is 19.6 Å². The Bertz CT molecular complexity index is 900. The minimum atomic E-state index is -0.250. The molecule has 2 aromatic rings. The van der Waals surface area contributed by atoms with E-state index >= 15 is 0 Å². The van der Waals surface area contributed by atoms with E-state index in [1.54, 1.807) is 0 Å². The minimum Gasteiger partial charge on any atom is -0.483 e. The highest BCUT2D eigenvalue weighted by molar-refractivity contribution is 5.94. The van der Waals surface area contributed by atoms with E-state index in [0.29, 0.717) is 18.2 Å². The predicted octanol–water partition coefficient (Wildman–Crippen LogP) is 2.84. The molecule has 2 aliphatic rings. The number of likely N-dealkylation sites (tertiary alicyclic amines) is 1. The lowest BCUT2D eigenvalue weighted by Gasteiger charge is -2.31. The number of hydrogen-bond acceptors (Lipinski definition) is 4. The molecule has 7 nitrogen and oxygen atoms in total. The molecule has 0 unspecified atom stereocenters. The Balaban J connectivity index is 0.000000913. The van der Waals surface area contributed by atoms with E-state index in [-0.39, 0.29) is 24.3 Å². The molecule has 7 heteroatoms.